The first-order valence-electron chi connectivity index (χ1n) is 10.5. The molecular formula is C24H28ClN5O2. The summed E-state index contributed by atoms with van der Waals surface area (Å²) in [6, 6.07) is 11.5. The molecule has 3 heterocycles. The first-order chi connectivity index (χ1) is 15.5. The highest BCUT2D eigenvalue weighted by molar-refractivity contribution is 6.30. The zero-order chi connectivity index (χ0) is 22.9. The molecule has 3 aromatic rings. The number of likely N-dealkylation sites (N-methyl/N-ethyl adjacent to an activating group) is 1. The fourth-order valence-electron chi connectivity index (χ4n) is 3.62. The molecule has 0 bridgehead atoms. The average molecular weight is 454 g/mol. The van der Waals surface area contributed by atoms with Crippen LogP contribution in [-0.2, 0) is 4.79 Å². The van der Waals surface area contributed by atoms with Crippen LogP contribution in [-0.4, -0.2) is 53.4 Å². The van der Waals surface area contributed by atoms with Crippen molar-refractivity contribution in [3.05, 3.63) is 59.6 Å². The molecule has 0 radical (unpaired) electrons. The van der Waals surface area contributed by atoms with Gasteiger partial charge in [0.25, 0.3) is 0 Å². The van der Waals surface area contributed by atoms with E-state index in [2.05, 4.69) is 22.2 Å². The van der Waals surface area contributed by atoms with Crippen molar-refractivity contribution >= 4 is 29.4 Å². The molecule has 0 amide bonds. The highest BCUT2D eigenvalue weighted by Gasteiger charge is 2.23. The van der Waals surface area contributed by atoms with E-state index in [4.69, 9.17) is 31.1 Å². The molecule has 1 aromatic carbocycles. The van der Waals surface area contributed by atoms with E-state index < -0.39 is 0 Å². The zero-order valence-electron chi connectivity index (χ0n) is 18.6. The van der Waals surface area contributed by atoms with Gasteiger partial charge in [0.15, 0.2) is 0 Å². The van der Waals surface area contributed by atoms with Crippen molar-refractivity contribution in [1.29, 1.82) is 0 Å². The minimum atomic E-state index is 0.298. The van der Waals surface area contributed by atoms with Crippen LogP contribution in [0.3, 0.4) is 0 Å². The number of carbonyl (C=O) groups is 1. The van der Waals surface area contributed by atoms with Gasteiger partial charge < -0.3 is 19.7 Å². The highest BCUT2D eigenvalue weighted by atomic mass is 35.5. The third-order valence-corrected chi connectivity index (χ3v) is 5.31. The van der Waals surface area contributed by atoms with Crippen LogP contribution in [0.5, 0.6) is 5.75 Å². The Bertz CT molecular complexity index is 1050. The molecule has 1 aliphatic rings. The van der Waals surface area contributed by atoms with Gasteiger partial charge in [0.2, 0.25) is 0 Å². The Morgan fingerprint density at radius 3 is 2.75 bits per heavy atom. The van der Waals surface area contributed by atoms with Crippen LogP contribution < -0.4 is 10.1 Å². The largest absolute Gasteiger partial charge is 0.495 e. The molecule has 1 fully saturated rings. The lowest BCUT2D eigenvalue weighted by molar-refractivity contribution is -0.106. The number of aromatic nitrogens is 3. The molecule has 0 unspecified atom stereocenters. The summed E-state index contributed by atoms with van der Waals surface area (Å²) in [7, 11) is 3.78. The zero-order valence-corrected chi connectivity index (χ0v) is 19.3. The lowest BCUT2D eigenvalue weighted by Crippen LogP contribution is -2.31. The number of likely N-dealkylation sites (tertiary alicyclic amines) is 1. The molecule has 0 saturated carbocycles. The number of ether oxygens (including phenoxy) is 1. The predicted octanol–water partition coefficient (Wildman–Crippen LogP) is 4.96. The van der Waals surface area contributed by atoms with E-state index in [0.29, 0.717) is 16.7 Å². The monoisotopic (exact) mass is 453 g/mol. The van der Waals surface area contributed by atoms with E-state index in [1.54, 1.807) is 19.5 Å². The Kier molecular flexibility index (Phi) is 8.53. The number of benzene rings is 1. The fourth-order valence-corrected chi connectivity index (χ4v) is 3.81. The highest BCUT2D eigenvalue weighted by Crippen LogP contribution is 2.30. The van der Waals surface area contributed by atoms with Gasteiger partial charge >= 0.3 is 0 Å². The summed E-state index contributed by atoms with van der Waals surface area (Å²) < 4.78 is 5.33. The Morgan fingerprint density at radius 1 is 1.22 bits per heavy atom. The predicted molar refractivity (Wildman–Crippen MR) is 128 cm³/mol. The van der Waals surface area contributed by atoms with Crippen LogP contribution in [0.1, 0.15) is 31.5 Å². The third-order valence-electron chi connectivity index (χ3n) is 5.07. The lowest BCUT2D eigenvalue weighted by Gasteiger charge is -2.29. The topological polar surface area (TPSA) is 80.2 Å². The molecule has 2 aromatic heterocycles. The Balaban J connectivity index is 0.000000913. The number of hydrogen-bond donors (Lipinski definition) is 1. The number of halogens is 1. The second-order valence-electron chi connectivity index (χ2n) is 7.58. The van der Waals surface area contributed by atoms with Crippen molar-refractivity contribution in [3.63, 3.8) is 0 Å². The number of methoxy groups -OCH3 is 1. The van der Waals surface area contributed by atoms with Crippen LogP contribution in [0.4, 0.5) is 11.5 Å². The Hall–Kier alpha value is -3.03. The van der Waals surface area contributed by atoms with E-state index >= 15 is 0 Å². The van der Waals surface area contributed by atoms with Gasteiger partial charge in [-0.15, -0.1) is 0 Å². The molecule has 4 rings (SSSR count). The van der Waals surface area contributed by atoms with Gasteiger partial charge in [-0.25, -0.2) is 9.97 Å². The third kappa shape index (κ3) is 6.48. The van der Waals surface area contributed by atoms with Crippen molar-refractivity contribution in [2.24, 2.45) is 0 Å². The molecule has 8 heteroatoms. The van der Waals surface area contributed by atoms with E-state index in [1.165, 1.54) is 6.92 Å². The van der Waals surface area contributed by atoms with Gasteiger partial charge in [-0.1, -0.05) is 17.7 Å². The molecule has 32 heavy (non-hydrogen) atoms. The summed E-state index contributed by atoms with van der Waals surface area (Å²) in [5.41, 5.74) is 2.60. The summed E-state index contributed by atoms with van der Waals surface area (Å²) in [4.78, 5) is 25.2. The molecule has 7 nitrogen and oxygen atoms in total. The lowest BCUT2D eigenvalue weighted by atomic mass is 9.97. The number of hydrogen-bond acceptors (Lipinski definition) is 7. The molecule has 0 aliphatic carbocycles. The summed E-state index contributed by atoms with van der Waals surface area (Å²) >= 11 is 6.14. The van der Waals surface area contributed by atoms with Gasteiger partial charge in [0.1, 0.15) is 23.7 Å². The van der Waals surface area contributed by atoms with Gasteiger partial charge in [-0.2, -0.15) is 0 Å². The maximum atomic E-state index is 8.81. The van der Waals surface area contributed by atoms with Crippen LogP contribution in [0.25, 0.3) is 11.3 Å². The Labute approximate surface area is 193 Å². The summed E-state index contributed by atoms with van der Waals surface area (Å²) in [6.45, 7) is 3.51. The van der Waals surface area contributed by atoms with E-state index in [1.807, 2.05) is 36.4 Å². The van der Waals surface area contributed by atoms with E-state index in [0.717, 1.165) is 60.8 Å². The number of rotatable bonds is 5. The van der Waals surface area contributed by atoms with Crippen LogP contribution in [0, 0.1) is 0 Å². The quantitative estimate of drug-likeness (QED) is 0.547. The number of aldehydes is 1. The van der Waals surface area contributed by atoms with Gasteiger partial charge in [0, 0.05) is 41.0 Å². The summed E-state index contributed by atoms with van der Waals surface area (Å²) in [5.74, 6) is 2.58. The number of nitrogens with zero attached hydrogens (tertiary/aromatic N) is 4. The van der Waals surface area contributed by atoms with Crippen molar-refractivity contribution in [1.82, 2.24) is 19.9 Å². The van der Waals surface area contributed by atoms with Crippen molar-refractivity contribution in [2.75, 3.05) is 32.6 Å². The number of piperidine rings is 1. The minimum Gasteiger partial charge on any atom is -0.495 e. The van der Waals surface area contributed by atoms with E-state index in [9.17, 15) is 0 Å². The molecular weight excluding hydrogens is 426 g/mol. The SMILES string of the molecule is CC=O.COc1cncc(-c2cc(Nc3cccc(Cl)c3)nc([C@H]3CCCN(C)C3)n2)c1. The van der Waals surface area contributed by atoms with E-state index in [-0.39, 0.29) is 0 Å². The summed E-state index contributed by atoms with van der Waals surface area (Å²) in [6.07, 6.45) is 6.46. The number of pyridine rings is 1. The normalized spacial score (nSPS) is 15.9. The first kappa shape index (κ1) is 23.6. The number of anilines is 2. The summed E-state index contributed by atoms with van der Waals surface area (Å²) in [5, 5.41) is 4.05. The first-order valence-corrected chi connectivity index (χ1v) is 10.9. The number of carbonyl (C=O) groups excluding carboxylic acids is 1. The maximum Gasteiger partial charge on any atom is 0.137 e. The van der Waals surface area contributed by atoms with Crippen molar-refractivity contribution in [3.8, 4) is 17.0 Å². The van der Waals surface area contributed by atoms with Crippen LogP contribution in [0.15, 0.2) is 48.8 Å². The van der Waals surface area contributed by atoms with Gasteiger partial charge in [-0.3, -0.25) is 4.98 Å². The van der Waals surface area contributed by atoms with Gasteiger partial charge in [0.05, 0.1) is 19.0 Å². The van der Waals surface area contributed by atoms with Crippen molar-refractivity contribution in [2.45, 2.75) is 25.7 Å². The number of nitrogens with one attached hydrogen (secondary N) is 1. The van der Waals surface area contributed by atoms with Gasteiger partial charge in [-0.05, 0) is 57.6 Å². The second-order valence-corrected chi connectivity index (χ2v) is 8.02. The van der Waals surface area contributed by atoms with Crippen LogP contribution >= 0.6 is 11.6 Å². The fraction of sp³-hybridized carbons (Fsp3) is 0.333. The molecule has 1 N–H and O–H groups in total. The molecule has 168 valence electrons. The average Bonchev–Trinajstić information content (AvgIpc) is 2.79. The minimum absolute atomic E-state index is 0.298. The maximum absolute atomic E-state index is 8.81. The molecule has 1 atom stereocenters. The second kappa shape index (κ2) is 11.5. The molecule has 1 aliphatic heterocycles. The van der Waals surface area contributed by atoms with Crippen LogP contribution in [0.2, 0.25) is 5.02 Å². The smallest absolute Gasteiger partial charge is 0.137 e. The molecule has 1 saturated heterocycles. The van der Waals surface area contributed by atoms with Crippen molar-refractivity contribution < 1.29 is 9.53 Å². The molecule has 0 spiro atoms. The Morgan fingerprint density at radius 2 is 2.03 bits per heavy atom. The standard InChI is InChI=1S/C22H24ClN5O.C2H4O/c1-28-8-4-5-15(14-28)22-26-20(16-9-19(29-2)13-24-12-16)11-21(27-22)25-18-7-3-6-17(23)10-18;1-2-3/h3,6-7,9-13,15H,4-5,8,14H2,1-2H3,(H,25,26,27);2H,1H3/t15-;/m0./s1.